The summed E-state index contributed by atoms with van der Waals surface area (Å²) in [4.78, 5) is 4.34. The molecular formula is C11H19N3O. The maximum absolute atomic E-state index is 5.70. The van der Waals surface area contributed by atoms with Gasteiger partial charge in [0, 0.05) is 38.5 Å². The van der Waals surface area contributed by atoms with Crippen LogP contribution >= 0.6 is 0 Å². The highest BCUT2D eigenvalue weighted by atomic mass is 16.5. The number of hydrogen-bond donors (Lipinski definition) is 1. The fourth-order valence-corrected chi connectivity index (χ4v) is 2.13. The second-order valence-corrected chi connectivity index (χ2v) is 4.11. The first-order valence-corrected chi connectivity index (χ1v) is 5.56. The van der Waals surface area contributed by atoms with E-state index >= 15 is 0 Å². The van der Waals surface area contributed by atoms with Gasteiger partial charge < -0.3 is 14.6 Å². The molecule has 1 saturated heterocycles. The molecule has 2 heterocycles. The summed E-state index contributed by atoms with van der Waals surface area (Å²) in [5, 5.41) is 3.33. The summed E-state index contributed by atoms with van der Waals surface area (Å²) in [7, 11) is 4.03. The Morgan fingerprint density at radius 1 is 1.73 bits per heavy atom. The number of aryl methyl sites for hydroxylation is 1. The van der Waals surface area contributed by atoms with Gasteiger partial charge in [0.15, 0.2) is 0 Å². The van der Waals surface area contributed by atoms with Gasteiger partial charge in [-0.05, 0) is 19.9 Å². The van der Waals surface area contributed by atoms with Gasteiger partial charge >= 0.3 is 0 Å². The number of hydrogen-bond acceptors (Lipinski definition) is 3. The first kappa shape index (κ1) is 10.6. The van der Waals surface area contributed by atoms with E-state index in [1.165, 1.54) is 6.42 Å². The van der Waals surface area contributed by atoms with Gasteiger partial charge in [0.1, 0.15) is 5.82 Å². The second-order valence-electron chi connectivity index (χ2n) is 4.11. The highest BCUT2D eigenvalue weighted by Gasteiger charge is 2.25. The Hall–Kier alpha value is -0.870. The normalized spacial score (nSPS) is 23.2. The van der Waals surface area contributed by atoms with Crippen LogP contribution in [0.2, 0.25) is 0 Å². The Balaban J connectivity index is 1.98. The Morgan fingerprint density at radius 3 is 3.13 bits per heavy atom. The molecule has 1 N–H and O–H groups in total. The lowest BCUT2D eigenvalue weighted by molar-refractivity contribution is 0.0800. The lowest BCUT2D eigenvalue weighted by Gasteiger charge is -2.22. The number of likely N-dealkylation sites (N-methyl/N-ethyl adjacent to an activating group) is 1. The van der Waals surface area contributed by atoms with Gasteiger partial charge in [-0.1, -0.05) is 0 Å². The Kier molecular flexibility index (Phi) is 3.38. The van der Waals surface area contributed by atoms with Crippen LogP contribution in [0.4, 0.5) is 0 Å². The zero-order valence-electron chi connectivity index (χ0n) is 9.44. The van der Waals surface area contributed by atoms with Crippen molar-refractivity contribution in [3.8, 4) is 0 Å². The van der Waals surface area contributed by atoms with Crippen molar-refractivity contribution in [3.63, 3.8) is 0 Å². The van der Waals surface area contributed by atoms with E-state index in [0.717, 1.165) is 25.3 Å². The summed E-state index contributed by atoms with van der Waals surface area (Å²) in [6.45, 7) is 0.906. The zero-order valence-corrected chi connectivity index (χ0v) is 9.44. The lowest BCUT2D eigenvalue weighted by Crippen LogP contribution is -2.39. The van der Waals surface area contributed by atoms with E-state index in [2.05, 4.69) is 14.9 Å². The predicted molar refractivity (Wildman–Crippen MR) is 58.7 cm³/mol. The largest absolute Gasteiger partial charge is 0.377 e. The van der Waals surface area contributed by atoms with Gasteiger partial charge in [-0.25, -0.2) is 4.98 Å². The van der Waals surface area contributed by atoms with Crippen molar-refractivity contribution in [1.29, 1.82) is 0 Å². The molecule has 1 fully saturated rings. The lowest BCUT2D eigenvalue weighted by atomic mass is 10.0. The summed E-state index contributed by atoms with van der Waals surface area (Å²) in [5.41, 5.74) is 0. The molecular weight excluding hydrogens is 190 g/mol. The second kappa shape index (κ2) is 4.77. The van der Waals surface area contributed by atoms with E-state index in [9.17, 15) is 0 Å². The minimum atomic E-state index is 0.353. The molecule has 2 unspecified atom stereocenters. The fourth-order valence-electron chi connectivity index (χ4n) is 2.13. The molecule has 0 aliphatic carbocycles. The summed E-state index contributed by atoms with van der Waals surface area (Å²) in [6.07, 6.45) is 7.46. The van der Waals surface area contributed by atoms with E-state index in [1.54, 1.807) is 0 Å². The molecule has 0 radical (unpaired) electrons. The molecule has 0 amide bonds. The minimum Gasteiger partial charge on any atom is -0.377 e. The Labute approximate surface area is 90.6 Å². The first-order valence-electron chi connectivity index (χ1n) is 5.56. The maximum Gasteiger partial charge on any atom is 0.110 e. The smallest absolute Gasteiger partial charge is 0.110 e. The standard InChI is InChI=1S/C11H19N3O/c1-12-9(10-4-3-7-15-10)8-11-13-5-6-14(11)2/h5-6,9-10,12H,3-4,7-8H2,1-2H3. The van der Waals surface area contributed by atoms with E-state index in [0.29, 0.717) is 12.1 Å². The molecule has 4 nitrogen and oxygen atoms in total. The van der Waals surface area contributed by atoms with Crippen molar-refractivity contribution in [1.82, 2.24) is 14.9 Å². The van der Waals surface area contributed by atoms with Crippen LogP contribution < -0.4 is 5.32 Å². The van der Waals surface area contributed by atoms with Crippen LogP contribution in [-0.2, 0) is 18.2 Å². The highest BCUT2D eigenvalue weighted by Crippen LogP contribution is 2.17. The number of aromatic nitrogens is 2. The van der Waals surface area contributed by atoms with Crippen LogP contribution in [0, 0.1) is 0 Å². The van der Waals surface area contributed by atoms with Crippen LogP contribution in [0.25, 0.3) is 0 Å². The molecule has 1 aromatic rings. The molecule has 15 heavy (non-hydrogen) atoms. The van der Waals surface area contributed by atoms with Crippen LogP contribution in [0.5, 0.6) is 0 Å². The molecule has 4 heteroatoms. The van der Waals surface area contributed by atoms with Crippen LogP contribution in [0.1, 0.15) is 18.7 Å². The SMILES string of the molecule is CNC(Cc1nccn1C)C1CCCO1. The third-order valence-corrected chi connectivity index (χ3v) is 3.11. The van der Waals surface area contributed by atoms with E-state index in [4.69, 9.17) is 4.74 Å². The van der Waals surface area contributed by atoms with Crippen LogP contribution in [-0.4, -0.2) is 35.4 Å². The molecule has 2 rings (SSSR count). The van der Waals surface area contributed by atoms with Crippen molar-refractivity contribution in [2.45, 2.75) is 31.4 Å². The van der Waals surface area contributed by atoms with Gasteiger partial charge in [-0.3, -0.25) is 0 Å². The summed E-state index contributed by atoms with van der Waals surface area (Å²) >= 11 is 0. The molecule has 0 bridgehead atoms. The minimum absolute atomic E-state index is 0.353. The van der Waals surface area contributed by atoms with Crippen molar-refractivity contribution in [2.75, 3.05) is 13.7 Å². The van der Waals surface area contributed by atoms with Crippen molar-refractivity contribution < 1.29 is 4.74 Å². The molecule has 0 spiro atoms. The molecule has 0 saturated carbocycles. The van der Waals surface area contributed by atoms with Gasteiger partial charge in [0.05, 0.1) is 6.10 Å². The van der Waals surface area contributed by atoms with Crippen molar-refractivity contribution >= 4 is 0 Å². The summed E-state index contributed by atoms with van der Waals surface area (Å²) in [6, 6.07) is 0.383. The number of imidazole rings is 1. The van der Waals surface area contributed by atoms with Crippen LogP contribution in [0.3, 0.4) is 0 Å². The summed E-state index contributed by atoms with van der Waals surface area (Å²) in [5.74, 6) is 1.12. The number of nitrogens with zero attached hydrogens (tertiary/aromatic N) is 2. The van der Waals surface area contributed by atoms with Gasteiger partial charge in [-0.2, -0.15) is 0 Å². The van der Waals surface area contributed by atoms with Gasteiger partial charge in [0.25, 0.3) is 0 Å². The Bertz CT molecular complexity index is 305. The zero-order chi connectivity index (χ0) is 10.7. The van der Waals surface area contributed by atoms with Crippen molar-refractivity contribution in [3.05, 3.63) is 18.2 Å². The maximum atomic E-state index is 5.70. The summed E-state index contributed by atoms with van der Waals surface area (Å²) < 4.78 is 7.76. The van der Waals surface area contributed by atoms with E-state index in [1.807, 2.05) is 26.5 Å². The molecule has 1 aliphatic heterocycles. The van der Waals surface area contributed by atoms with E-state index < -0.39 is 0 Å². The molecule has 84 valence electrons. The highest BCUT2D eigenvalue weighted by molar-refractivity contribution is 4.96. The monoisotopic (exact) mass is 209 g/mol. The van der Waals surface area contributed by atoms with Crippen molar-refractivity contribution in [2.24, 2.45) is 7.05 Å². The van der Waals surface area contributed by atoms with Gasteiger partial charge in [-0.15, -0.1) is 0 Å². The van der Waals surface area contributed by atoms with Crippen LogP contribution in [0.15, 0.2) is 12.4 Å². The molecule has 2 atom stereocenters. The average molecular weight is 209 g/mol. The average Bonchev–Trinajstić information content (AvgIpc) is 2.86. The quantitative estimate of drug-likeness (QED) is 0.794. The number of ether oxygens (including phenoxy) is 1. The van der Waals surface area contributed by atoms with Gasteiger partial charge in [0.2, 0.25) is 0 Å². The fraction of sp³-hybridized carbons (Fsp3) is 0.727. The third-order valence-electron chi connectivity index (χ3n) is 3.11. The molecule has 1 aliphatic rings. The topological polar surface area (TPSA) is 39.1 Å². The Morgan fingerprint density at radius 2 is 2.60 bits per heavy atom. The van der Waals surface area contributed by atoms with E-state index in [-0.39, 0.29) is 0 Å². The predicted octanol–water partition coefficient (Wildman–Crippen LogP) is 0.730. The first-order chi connectivity index (χ1) is 7.31. The number of rotatable bonds is 4. The molecule has 0 aromatic carbocycles. The number of nitrogens with one attached hydrogen (secondary N) is 1. The third kappa shape index (κ3) is 2.38. The molecule has 1 aromatic heterocycles.